The topological polar surface area (TPSA) is 64.4 Å². The second-order valence-corrected chi connectivity index (χ2v) is 4.89. The Kier molecular flexibility index (Phi) is 4.69. The fourth-order valence-corrected chi connectivity index (χ4v) is 2.13. The first kappa shape index (κ1) is 16.6. The third kappa shape index (κ3) is 3.79. The number of amides is 1. The van der Waals surface area contributed by atoms with Crippen molar-refractivity contribution in [2.24, 2.45) is 0 Å². The minimum atomic E-state index is -3.03. The quantitative estimate of drug-likeness (QED) is 0.745. The van der Waals surface area contributed by atoms with E-state index in [4.69, 9.17) is 4.52 Å². The van der Waals surface area contributed by atoms with E-state index >= 15 is 0 Å². The molecule has 1 N–H and O–H groups in total. The van der Waals surface area contributed by atoms with Gasteiger partial charge in [0.1, 0.15) is 11.6 Å². The van der Waals surface area contributed by atoms with Crippen molar-refractivity contribution in [2.75, 3.05) is 5.32 Å². The molecule has 3 aromatic rings. The number of hydrogen-bond donors (Lipinski definition) is 1. The fourth-order valence-electron chi connectivity index (χ4n) is 2.13. The molecule has 0 saturated carbocycles. The molecule has 0 aliphatic heterocycles. The van der Waals surface area contributed by atoms with E-state index in [1.165, 1.54) is 42.5 Å². The van der Waals surface area contributed by atoms with Crippen LogP contribution in [0.15, 0.2) is 59.1 Å². The van der Waals surface area contributed by atoms with Gasteiger partial charge in [-0.15, -0.1) is 0 Å². The maximum absolute atomic E-state index is 13.7. The minimum Gasteiger partial charge on any atom is -0.433 e. The second kappa shape index (κ2) is 7.08. The summed E-state index contributed by atoms with van der Waals surface area (Å²) < 4.78 is 47.8. The number of nitrogens with one attached hydrogen (secondary N) is 1. The van der Waals surface area contributed by atoms with Crippen LogP contribution in [0.2, 0.25) is 0 Å². The van der Waals surface area contributed by atoms with Gasteiger partial charge in [-0.1, -0.05) is 29.4 Å². The lowest BCUT2D eigenvalue weighted by Gasteiger charge is -2.10. The lowest BCUT2D eigenvalue weighted by atomic mass is 10.1. The molecule has 0 atom stereocenters. The Morgan fingerprint density at radius 3 is 2.60 bits per heavy atom. The van der Waals surface area contributed by atoms with Crippen LogP contribution in [0.4, 0.5) is 18.9 Å². The van der Waals surface area contributed by atoms with Crippen molar-refractivity contribution in [2.45, 2.75) is 6.61 Å². The summed E-state index contributed by atoms with van der Waals surface area (Å²) in [6.45, 7) is -3.03. The zero-order valence-electron chi connectivity index (χ0n) is 12.6. The van der Waals surface area contributed by atoms with Crippen LogP contribution in [0.1, 0.15) is 10.5 Å². The third-order valence-electron chi connectivity index (χ3n) is 3.23. The van der Waals surface area contributed by atoms with Crippen LogP contribution in [0.3, 0.4) is 0 Å². The van der Waals surface area contributed by atoms with E-state index in [2.05, 4.69) is 15.2 Å². The SMILES string of the molecule is O=C(Nc1ccccc1OC(F)F)c1cc(-c2ccccc2F)on1. The lowest BCUT2D eigenvalue weighted by molar-refractivity contribution is -0.0493. The molecule has 1 aromatic heterocycles. The van der Waals surface area contributed by atoms with Crippen molar-refractivity contribution in [3.05, 3.63) is 66.1 Å². The number of halogens is 3. The number of para-hydroxylation sites is 2. The van der Waals surface area contributed by atoms with Gasteiger partial charge in [0.05, 0.1) is 11.3 Å². The largest absolute Gasteiger partial charge is 0.433 e. The number of hydrogen-bond acceptors (Lipinski definition) is 4. The summed E-state index contributed by atoms with van der Waals surface area (Å²) in [5.74, 6) is -1.36. The Bertz CT molecular complexity index is 896. The molecule has 0 bridgehead atoms. The van der Waals surface area contributed by atoms with Gasteiger partial charge in [-0.25, -0.2) is 4.39 Å². The summed E-state index contributed by atoms with van der Waals surface area (Å²) in [6, 6.07) is 12.8. The summed E-state index contributed by atoms with van der Waals surface area (Å²) in [7, 11) is 0. The number of carbonyl (C=O) groups is 1. The van der Waals surface area contributed by atoms with E-state index < -0.39 is 18.3 Å². The Labute approximate surface area is 140 Å². The molecule has 0 saturated heterocycles. The van der Waals surface area contributed by atoms with Crippen LogP contribution in [0.25, 0.3) is 11.3 Å². The van der Waals surface area contributed by atoms with Crippen molar-refractivity contribution >= 4 is 11.6 Å². The molecule has 5 nitrogen and oxygen atoms in total. The summed E-state index contributed by atoms with van der Waals surface area (Å²) in [6.07, 6.45) is 0. The van der Waals surface area contributed by atoms with E-state index in [1.54, 1.807) is 12.1 Å². The highest BCUT2D eigenvalue weighted by Gasteiger charge is 2.18. The smallest absolute Gasteiger partial charge is 0.387 e. The van der Waals surface area contributed by atoms with E-state index in [1.807, 2.05) is 0 Å². The highest BCUT2D eigenvalue weighted by atomic mass is 19.3. The Morgan fingerprint density at radius 2 is 1.84 bits per heavy atom. The van der Waals surface area contributed by atoms with Gasteiger partial charge in [0.25, 0.3) is 5.91 Å². The van der Waals surface area contributed by atoms with Crippen molar-refractivity contribution < 1.29 is 27.2 Å². The molecule has 128 valence electrons. The van der Waals surface area contributed by atoms with Crippen LogP contribution in [-0.4, -0.2) is 17.7 Å². The number of nitrogens with zero attached hydrogens (tertiary/aromatic N) is 1. The van der Waals surface area contributed by atoms with Crippen LogP contribution >= 0.6 is 0 Å². The number of ether oxygens (including phenoxy) is 1. The van der Waals surface area contributed by atoms with Gasteiger partial charge in [-0.05, 0) is 24.3 Å². The molecule has 0 unspecified atom stereocenters. The number of aromatic nitrogens is 1. The third-order valence-corrected chi connectivity index (χ3v) is 3.23. The van der Waals surface area contributed by atoms with Crippen LogP contribution in [0, 0.1) is 5.82 Å². The second-order valence-electron chi connectivity index (χ2n) is 4.89. The minimum absolute atomic E-state index is 0.0447. The van der Waals surface area contributed by atoms with Crippen molar-refractivity contribution in [3.63, 3.8) is 0 Å². The van der Waals surface area contributed by atoms with E-state index in [-0.39, 0.29) is 28.5 Å². The van der Waals surface area contributed by atoms with Gasteiger partial charge in [0.15, 0.2) is 11.5 Å². The number of carbonyl (C=O) groups excluding carboxylic acids is 1. The van der Waals surface area contributed by atoms with E-state index in [0.29, 0.717) is 0 Å². The zero-order valence-corrected chi connectivity index (χ0v) is 12.6. The van der Waals surface area contributed by atoms with Gasteiger partial charge in [0.2, 0.25) is 0 Å². The van der Waals surface area contributed by atoms with Gasteiger partial charge in [-0.2, -0.15) is 8.78 Å². The lowest BCUT2D eigenvalue weighted by Crippen LogP contribution is -2.14. The molecule has 0 aliphatic carbocycles. The van der Waals surface area contributed by atoms with Crippen molar-refractivity contribution in [1.82, 2.24) is 5.16 Å². The highest BCUT2D eigenvalue weighted by molar-refractivity contribution is 6.04. The molecule has 0 fully saturated rings. The molecule has 8 heteroatoms. The first-order chi connectivity index (χ1) is 12.0. The Balaban J connectivity index is 1.81. The molecule has 1 amide bonds. The first-order valence-corrected chi connectivity index (χ1v) is 7.11. The highest BCUT2D eigenvalue weighted by Crippen LogP contribution is 2.27. The van der Waals surface area contributed by atoms with Crippen LogP contribution < -0.4 is 10.1 Å². The average Bonchev–Trinajstić information content (AvgIpc) is 3.06. The first-order valence-electron chi connectivity index (χ1n) is 7.11. The summed E-state index contributed by atoms with van der Waals surface area (Å²) in [4.78, 5) is 12.2. The standard InChI is InChI=1S/C17H11F3N2O3/c18-11-6-2-1-5-10(11)15-9-13(22-25-15)16(23)21-12-7-3-4-8-14(12)24-17(19)20/h1-9,17H,(H,21,23). The summed E-state index contributed by atoms with van der Waals surface area (Å²) in [5, 5.41) is 5.98. The normalized spacial score (nSPS) is 10.7. The van der Waals surface area contributed by atoms with Crippen LogP contribution in [0.5, 0.6) is 5.75 Å². The summed E-state index contributed by atoms with van der Waals surface area (Å²) in [5.41, 5.74) is 0.0591. The molecule has 0 radical (unpaired) electrons. The molecular weight excluding hydrogens is 337 g/mol. The maximum atomic E-state index is 13.7. The number of alkyl halides is 2. The maximum Gasteiger partial charge on any atom is 0.387 e. The molecule has 2 aromatic carbocycles. The molecule has 0 spiro atoms. The fraction of sp³-hybridized carbons (Fsp3) is 0.0588. The van der Waals surface area contributed by atoms with Gasteiger partial charge < -0.3 is 14.6 Å². The van der Waals surface area contributed by atoms with E-state index in [0.717, 1.165) is 0 Å². The Hall–Kier alpha value is -3.29. The van der Waals surface area contributed by atoms with Crippen molar-refractivity contribution in [1.29, 1.82) is 0 Å². The van der Waals surface area contributed by atoms with Gasteiger partial charge >= 0.3 is 6.61 Å². The molecule has 25 heavy (non-hydrogen) atoms. The summed E-state index contributed by atoms with van der Waals surface area (Å²) >= 11 is 0. The van der Waals surface area contributed by atoms with Crippen LogP contribution in [-0.2, 0) is 0 Å². The molecule has 3 rings (SSSR count). The van der Waals surface area contributed by atoms with Gasteiger partial charge in [0, 0.05) is 6.07 Å². The Morgan fingerprint density at radius 1 is 1.12 bits per heavy atom. The molecule has 1 heterocycles. The monoisotopic (exact) mass is 348 g/mol. The predicted molar refractivity (Wildman–Crippen MR) is 82.9 cm³/mol. The molecule has 0 aliphatic rings. The van der Waals surface area contributed by atoms with Crippen molar-refractivity contribution in [3.8, 4) is 17.1 Å². The van der Waals surface area contributed by atoms with Gasteiger partial charge in [-0.3, -0.25) is 4.79 Å². The predicted octanol–water partition coefficient (Wildman–Crippen LogP) is 4.33. The number of benzene rings is 2. The number of rotatable bonds is 5. The zero-order chi connectivity index (χ0) is 17.8. The molecular formula is C17H11F3N2O3. The average molecular weight is 348 g/mol. The number of anilines is 1. The van der Waals surface area contributed by atoms with E-state index in [9.17, 15) is 18.0 Å².